The Hall–Kier alpha value is -3.30. The van der Waals surface area contributed by atoms with E-state index in [1.165, 1.54) is 18.2 Å². The Morgan fingerprint density at radius 3 is 2.43 bits per heavy atom. The molecule has 1 aromatic carbocycles. The third-order valence-corrected chi connectivity index (χ3v) is 4.51. The molecule has 2 aromatic rings. The fourth-order valence-corrected chi connectivity index (χ4v) is 2.99. The van der Waals surface area contributed by atoms with Gasteiger partial charge in [-0.15, -0.1) is 10.2 Å². The first kappa shape index (κ1) is 21.4. The van der Waals surface area contributed by atoms with E-state index in [4.69, 9.17) is 4.74 Å². The molecule has 0 spiro atoms. The Morgan fingerprint density at radius 2 is 1.80 bits per heavy atom. The highest BCUT2D eigenvalue weighted by Crippen LogP contribution is 2.17. The van der Waals surface area contributed by atoms with E-state index >= 15 is 0 Å². The van der Waals surface area contributed by atoms with Crippen molar-refractivity contribution in [1.82, 2.24) is 15.5 Å². The maximum absolute atomic E-state index is 12.1. The number of anilines is 1. The number of esters is 1. The van der Waals surface area contributed by atoms with Crippen molar-refractivity contribution in [2.24, 2.45) is 0 Å². The van der Waals surface area contributed by atoms with Crippen LogP contribution in [-0.2, 0) is 16.0 Å². The Labute approximate surface area is 172 Å². The minimum atomic E-state index is -2.87. The molecule has 1 saturated heterocycles. The molecule has 0 radical (unpaired) electrons. The van der Waals surface area contributed by atoms with Crippen molar-refractivity contribution in [3.8, 4) is 5.75 Å². The van der Waals surface area contributed by atoms with Gasteiger partial charge < -0.3 is 19.7 Å². The SMILES string of the molecule is O=C(COC(=O)c1ccc(N2CCCC2)nn1)NCCc1ccc(OC(F)F)cc1. The van der Waals surface area contributed by atoms with Crippen LogP contribution in [0.15, 0.2) is 36.4 Å². The van der Waals surface area contributed by atoms with Gasteiger partial charge in [-0.2, -0.15) is 8.78 Å². The van der Waals surface area contributed by atoms with E-state index in [0.717, 1.165) is 37.3 Å². The summed E-state index contributed by atoms with van der Waals surface area (Å²) in [5.41, 5.74) is 0.874. The van der Waals surface area contributed by atoms with Crippen molar-refractivity contribution < 1.29 is 27.8 Å². The summed E-state index contributed by atoms with van der Waals surface area (Å²) in [6.45, 7) is -1.16. The molecular weight excluding hydrogens is 398 g/mol. The topological polar surface area (TPSA) is 93.7 Å². The van der Waals surface area contributed by atoms with Crippen LogP contribution in [0, 0.1) is 0 Å². The molecule has 160 valence electrons. The number of halogens is 2. The number of nitrogens with one attached hydrogen (secondary N) is 1. The number of carbonyl (C=O) groups excluding carboxylic acids is 2. The summed E-state index contributed by atoms with van der Waals surface area (Å²) in [5, 5.41) is 10.5. The maximum Gasteiger partial charge on any atom is 0.387 e. The normalized spacial score (nSPS) is 13.4. The molecule has 1 fully saturated rings. The second kappa shape index (κ2) is 10.5. The highest BCUT2D eigenvalue weighted by molar-refractivity contribution is 5.89. The van der Waals surface area contributed by atoms with E-state index < -0.39 is 25.1 Å². The Balaban J connectivity index is 1.36. The number of nitrogens with zero attached hydrogens (tertiary/aromatic N) is 3. The van der Waals surface area contributed by atoms with Gasteiger partial charge >= 0.3 is 12.6 Å². The van der Waals surface area contributed by atoms with E-state index in [9.17, 15) is 18.4 Å². The van der Waals surface area contributed by atoms with Gasteiger partial charge in [0.2, 0.25) is 0 Å². The number of benzene rings is 1. The molecule has 0 aliphatic carbocycles. The van der Waals surface area contributed by atoms with Crippen molar-refractivity contribution in [2.45, 2.75) is 25.9 Å². The van der Waals surface area contributed by atoms with Gasteiger partial charge in [0.25, 0.3) is 5.91 Å². The summed E-state index contributed by atoms with van der Waals surface area (Å²) < 4.78 is 33.5. The molecule has 1 aliphatic rings. The molecule has 1 N–H and O–H groups in total. The smallest absolute Gasteiger partial charge is 0.387 e. The first-order valence-corrected chi connectivity index (χ1v) is 9.57. The largest absolute Gasteiger partial charge is 0.451 e. The summed E-state index contributed by atoms with van der Waals surface area (Å²) >= 11 is 0. The van der Waals surface area contributed by atoms with Gasteiger partial charge in [0.05, 0.1) is 0 Å². The monoisotopic (exact) mass is 420 g/mol. The van der Waals surface area contributed by atoms with Crippen molar-refractivity contribution >= 4 is 17.7 Å². The van der Waals surface area contributed by atoms with Crippen LogP contribution in [0.5, 0.6) is 5.75 Å². The van der Waals surface area contributed by atoms with Gasteiger partial charge in [0, 0.05) is 19.6 Å². The second-order valence-corrected chi connectivity index (χ2v) is 6.67. The highest BCUT2D eigenvalue weighted by atomic mass is 19.3. The summed E-state index contributed by atoms with van der Waals surface area (Å²) in [7, 11) is 0. The minimum Gasteiger partial charge on any atom is -0.451 e. The van der Waals surface area contributed by atoms with Crippen LogP contribution in [0.4, 0.5) is 14.6 Å². The number of aromatic nitrogens is 2. The van der Waals surface area contributed by atoms with E-state index in [1.807, 2.05) is 0 Å². The van der Waals surface area contributed by atoms with Crippen molar-refractivity contribution in [3.63, 3.8) is 0 Å². The molecule has 1 amide bonds. The summed E-state index contributed by atoms with van der Waals surface area (Å²) in [4.78, 5) is 25.9. The predicted molar refractivity (Wildman–Crippen MR) is 104 cm³/mol. The van der Waals surface area contributed by atoms with E-state index in [1.54, 1.807) is 18.2 Å². The minimum absolute atomic E-state index is 0.0388. The van der Waals surface area contributed by atoms with E-state index in [0.29, 0.717) is 13.0 Å². The number of alkyl halides is 2. The number of amides is 1. The average Bonchev–Trinajstić information content (AvgIpc) is 3.28. The van der Waals surface area contributed by atoms with Gasteiger partial charge in [-0.25, -0.2) is 4.79 Å². The number of hydrogen-bond donors (Lipinski definition) is 1. The average molecular weight is 420 g/mol. The van der Waals surface area contributed by atoms with E-state index in [-0.39, 0.29) is 11.4 Å². The molecule has 0 unspecified atom stereocenters. The van der Waals surface area contributed by atoms with Crippen molar-refractivity contribution in [1.29, 1.82) is 0 Å². The van der Waals surface area contributed by atoms with Crippen LogP contribution in [-0.4, -0.2) is 54.9 Å². The van der Waals surface area contributed by atoms with Crippen LogP contribution in [0.2, 0.25) is 0 Å². The van der Waals surface area contributed by atoms with Crippen LogP contribution in [0.3, 0.4) is 0 Å². The fraction of sp³-hybridized carbons (Fsp3) is 0.400. The Kier molecular flexibility index (Phi) is 7.47. The lowest BCUT2D eigenvalue weighted by Gasteiger charge is -2.15. The highest BCUT2D eigenvalue weighted by Gasteiger charge is 2.16. The standard InChI is InChI=1S/C20H22F2N4O4/c21-20(22)30-15-5-3-14(4-6-15)9-10-23-18(27)13-29-19(28)16-7-8-17(25-24-16)26-11-1-2-12-26/h3-8,20H,1-2,9-13H2,(H,23,27). The van der Waals surface area contributed by atoms with Gasteiger partial charge in [-0.3, -0.25) is 4.79 Å². The van der Waals surface area contributed by atoms with Crippen LogP contribution in [0.25, 0.3) is 0 Å². The fourth-order valence-electron chi connectivity index (χ4n) is 2.99. The summed E-state index contributed by atoms with van der Waals surface area (Å²) in [6.07, 6.45) is 2.70. The molecular formula is C20H22F2N4O4. The number of ether oxygens (including phenoxy) is 2. The predicted octanol–water partition coefficient (Wildman–Crippen LogP) is 2.19. The van der Waals surface area contributed by atoms with Crippen molar-refractivity contribution in [2.75, 3.05) is 31.1 Å². The molecule has 30 heavy (non-hydrogen) atoms. The Morgan fingerprint density at radius 1 is 1.07 bits per heavy atom. The van der Waals surface area contributed by atoms with Gasteiger partial charge in [0.15, 0.2) is 18.1 Å². The summed E-state index contributed by atoms with van der Waals surface area (Å²) in [5.74, 6) is -0.389. The zero-order chi connectivity index (χ0) is 21.3. The number of carbonyl (C=O) groups is 2. The zero-order valence-electron chi connectivity index (χ0n) is 16.2. The van der Waals surface area contributed by atoms with Crippen LogP contribution < -0.4 is 15.0 Å². The third kappa shape index (κ3) is 6.36. The number of rotatable bonds is 9. The first-order chi connectivity index (χ1) is 14.5. The maximum atomic E-state index is 12.1. The molecule has 10 heteroatoms. The van der Waals surface area contributed by atoms with Crippen LogP contribution in [0.1, 0.15) is 28.9 Å². The lowest BCUT2D eigenvalue weighted by molar-refractivity contribution is -0.124. The lowest BCUT2D eigenvalue weighted by atomic mass is 10.1. The Bertz CT molecular complexity index is 841. The van der Waals surface area contributed by atoms with Crippen molar-refractivity contribution in [3.05, 3.63) is 47.7 Å². The zero-order valence-corrected chi connectivity index (χ0v) is 16.2. The van der Waals surface area contributed by atoms with Gasteiger partial charge in [0.1, 0.15) is 5.75 Å². The molecule has 1 aliphatic heterocycles. The van der Waals surface area contributed by atoms with Gasteiger partial charge in [-0.1, -0.05) is 12.1 Å². The molecule has 1 aromatic heterocycles. The third-order valence-electron chi connectivity index (χ3n) is 4.51. The molecule has 0 bridgehead atoms. The molecule has 8 nitrogen and oxygen atoms in total. The number of hydrogen-bond acceptors (Lipinski definition) is 7. The molecule has 0 saturated carbocycles. The molecule has 3 rings (SSSR count). The van der Waals surface area contributed by atoms with Gasteiger partial charge in [-0.05, 0) is 49.1 Å². The molecule has 0 atom stereocenters. The van der Waals surface area contributed by atoms with E-state index in [2.05, 4.69) is 25.2 Å². The van der Waals surface area contributed by atoms with Crippen LogP contribution >= 0.6 is 0 Å². The lowest BCUT2D eigenvalue weighted by Crippen LogP contribution is -2.30. The quantitative estimate of drug-likeness (QED) is 0.622. The second-order valence-electron chi connectivity index (χ2n) is 6.67. The summed E-state index contributed by atoms with van der Waals surface area (Å²) in [6, 6.07) is 9.37. The molecule has 2 heterocycles. The first-order valence-electron chi connectivity index (χ1n) is 9.57.